The fraction of sp³-hybridized carbons (Fsp3) is 0.500. The number of hydrogen-bond acceptors (Lipinski definition) is 4. The lowest BCUT2D eigenvalue weighted by atomic mass is 10.1. The topological polar surface area (TPSA) is 83.7 Å². The highest BCUT2D eigenvalue weighted by atomic mass is 79.9. The van der Waals surface area contributed by atoms with Gasteiger partial charge in [-0.05, 0) is 47.0 Å². The van der Waals surface area contributed by atoms with Crippen molar-refractivity contribution >= 4 is 44.3 Å². The van der Waals surface area contributed by atoms with Crippen LogP contribution in [0.4, 0.5) is 0 Å². The van der Waals surface area contributed by atoms with Crippen LogP contribution < -0.4 is 5.73 Å². The molecule has 9 heteroatoms. The fourth-order valence-corrected chi connectivity index (χ4v) is 4.48. The van der Waals surface area contributed by atoms with Crippen LogP contribution in [0, 0.1) is 0 Å². The van der Waals surface area contributed by atoms with Crippen molar-refractivity contribution in [3.05, 3.63) is 28.2 Å². The minimum Gasteiger partial charge on any atom is -0.334 e. The van der Waals surface area contributed by atoms with Crippen LogP contribution in [0.5, 0.6) is 0 Å². The maximum Gasteiger partial charge on any atom is 0.254 e. The summed E-state index contributed by atoms with van der Waals surface area (Å²) in [5.41, 5.74) is 6.16. The summed E-state index contributed by atoms with van der Waals surface area (Å²) in [6.07, 6.45) is 1.86. The highest BCUT2D eigenvalue weighted by Crippen LogP contribution is 2.27. The van der Waals surface area contributed by atoms with Gasteiger partial charge in [0.15, 0.2) is 0 Å². The summed E-state index contributed by atoms with van der Waals surface area (Å²) >= 11 is 3.26. The third-order valence-electron chi connectivity index (χ3n) is 3.85. The first-order valence-electron chi connectivity index (χ1n) is 7.02. The summed E-state index contributed by atoms with van der Waals surface area (Å²) in [6, 6.07) is 4.64. The van der Waals surface area contributed by atoms with Crippen LogP contribution in [-0.4, -0.2) is 56.8 Å². The van der Waals surface area contributed by atoms with Crippen LogP contribution in [0.15, 0.2) is 27.6 Å². The standard InChI is InChI=1S/C14H20BrN3O3S.ClH/c1-17(2)22(20,21)13-6-5-10(8-12(13)15)14(19)18-7-3-4-11(18)9-16;/h5-6,8,11H,3-4,7,9,16H2,1-2H3;1H. The number of carbonyl (C=O) groups is 1. The molecule has 0 bridgehead atoms. The number of halogens is 2. The Bertz CT molecular complexity index is 682. The number of nitrogens with two attached hydrogens (primary N) is 1. The Labute approximate surface area is 151 Å². The Morgan fingerprint density at radius 2 is 2.09 bits per heavy atom. The van der Waals surface area contributed by atoms with E-state index >= 15 is 0 Å². The predicted octanol–water partition coefficient (Wildman–Crippen LogP) is 1.68. The monoisotopic (exact) mass is 425 g/mol. The lowest BCUT2D eigenvalue weighted by Crippen LogP contribution is -2.39. The lowest BCUT2D eigenvalue weighted by Gasteiger charge is -2.24. The van der Waals surface area contributed by atoms with Gasteiger partial charge in [-0.3, -0.25) is 4.79 Å². The predicted molar refractivity (Wildman–Crippen MR) is 95.4 cm³/mol. The van der Waals surface area contributed by atoms with Crippen molar-refractivity contribution in [3.63, 3.8) is 0 Å². The molecule has 1 atom stereocenters. The van der Waals surface area contributed by atoms with E-state index in [0.29, 0.717) is 23.1 Å². The van der Waals surface area contributed by atoms with Crippen LogP contribution in [-0.2, 0) is 10.0 Å². The zero-order chi connectivity index (χ0) is 16.5. The fourth-order valence-electron chi connectivity index (χ4n) is 2.55. The maximum atomic E-state index is 12.6. The normalized spacial score (nSPS) is 18.1. The minimum atomic E-state index is -3.54. The molecule has 2 rings (SSSR count). The maximum absolute atomic E-state index is 12.6. The van der Waals surface area contributed by atoms with Crippen LogP contribution in [0.3, 0.4) is 0 Å². The van der Waals surface area contributed by atoms with E-state index in [1.54, 1.807) is 17.0 Å². The quantitative estimate of drug-likeness (QED) is 0.794. The van der Waals surface area contributed by atoms with Crippen molar-refractivity contribution in [2.45, 2.75) is 23.8 Å². The molecule has 0 radical (unpaired) electrons. The molecular weight excluding hydrogens is 406 g/mol. The third kappa shape index (κ3) is 4.06. The van der Waals surface area contributed by atoms with Crippen LogP contribution in [0.2, 0.25) is 0 Å². The van der Waals surface area contributed by atoms with Gasteiger partial charge < -0.3 is 10.6 Å². The van der Waals surface area contributed by atoms with Crippen molar-refractivity contribution in [2.24, 2.45) is 5.73 Å². The molecule has 1 aliphatic rings. The summed E-state index contributed by atoms with van der Waals surface area (Å²) in [7, 11) is -0.605. The SMILES string of the molecule is CN(C)S(=O)(=O)c1ccc(C(=O)N2CCCC2CN)cc1Br.Cl. The van der Waals surface area contributed by atoms with E-state index in [1.165, 1.54) is 20.2 Å². The van der Waals surface area contributed by atoms with Gasteiger partial charge in [0.05, 0.1) is 4.90 Å². The summed E-state index contributed by atoms with van der Waals surface area (Å²) in [6.45, 7) is 1.13. The second-order valence-corrected chi connectivity index (χ2v) is 8.44. The molecule has 0 saturated carbocycles. The summed E-state index contributed by atoms with van der Waals surface area (Å²) < 4.78 is 25.9. The van der Waals surface area contributed by atoms with Gasteiger partial charge in [-0.1, -0.05) is 0 Å². The second kappa shape index (κ2) is 7.94. The molecule has 1 unspecified atom stereocenters. The Balaban J connectivity index is 0.00000264. The summed E-state index contributed by atoms with van der Waals surface area (Å²) in [5.74, 6) is -0.109. The van der Waals surface area contributed by atoms with E-state index in [2.05, 4.69) is 15.9 Å². The molecular formula is C14H21BrClN3O3S. The first kappa shape index (κ1) is 20.4. The number of carbonyl (C=O) groups excluding carboxylic acids is 1. The molecule has 0 spiro atoms. The molecule has 0 aliphatic carbocycles. The summed E-state index contributed by atoms with van der Waals surface area (Å²) in [4.78, 5) is 14.5. The number of rotatable bonds is 4. The number of likely N-dealkylation sites (tertiary alicyclic amines) is 1. The summed E-state index contributed by atoms with van der Waals surface area (Å²) in [5, 5.41) is 0. The largest absolute Gasteiger partial charge is 0.334 e. The van der Waals surface area contributed by atoms with Gasteiger partial charge in [-0.15, -0.1) is 12.4 Å². The smallest absolute Gasteiger partial charge is 0.254 e. The molecule has 23 heavy (non-hydrogen) atoms. The van der Waals surface area contributed by atoms with Crippen molar-refractivity contribution in [3.8, 4) is 0 Å². The average molecular weight is 427 g/mol. The molecule has 1 aromatic rings. The van der Waals surface area contributed by atoms with Gasteiger partial charge in [0.1, 0.15) is 0 Å². The molecule has 1 heterocycles. The van der Waals surface area contributed by atoms with Crippen molar-refractivity contribution in [2.75, 3.05) is 27.2 Å². The molecule has 1 saturated heterocycles. The first-order valence-corrected chi connectivity index (χ1v) is 9.25. The van der Waals surface area contributed by atoms with Gasteiger partial charge in [-0.2, -0.15) is 0 Å². The molecule has 6 nitrogen and oxygen atoms in total. The molecule has 1 fully saturated rings. The third-order valence-corrected chi connectivity index (χ3v) is 6.64. The molecule has 2 N–H and O–H groups in total. The van der Waals surface area contributed by atoms with Crippen molar-refractivity contribution in [1.29, 1.82) is 0 Å². The number of benzene rings is 1. The second-order valence-electron chi connectivity index (χ2n) is 5.46. The Morgan fingerprint density at radius 1 is 1.43 bits per heavy atom. The van der Waals surface area contributed by atoms with Crippen LogP contribution in [0.25, 0.3) is 0 Å². The molecule has 1 aromatic carbocycles. The van der Waals surface area contributed by atoms with Gasteiger partial charge in [-0.25, -0.2) is 12.7 Å². The Kier molecular flexibility index (Phi) is 7.03. The highest BCUT2D eigenvalue weighted by Gasteiger charge is 2.29. The van der Waals surface area contributed by atoms with Crippen molar-refractivity contribution < 1.29 is 13.2 Å². The highest BCUT2D eigenvalue weighted by molar-refractivity contribution is 9.10. The van der Waals surface area contributed by atoms with Gasteiger partial charge in [0.2, 0.25) is 10.0 Å². The minimum absolute atomic E-state index is 0. The Morgan fingerprint density at radius 3 is 2.61 bits per heavy atom. The number of amides is 1. The van der Waals surface area contributed by atoms with Gasteiger partial charge >= 0.3 is 0 Å². The van der Waals surface area contributed by atoms with Gasteiger partial charge in [0.25, 0.3) is 5.91 Å². The lowest BCUT2D eigenvalue weighted by molar-refractivity contribution is 0.0741. The van der Waals surface area contributed by atoms with Crippen molar-refractivity contribution in [1.82, 2.24) is 9.21 Å². The average Bonchev–Trinajstić information content (AvgIpc) is 2.94. The van der Waals surface area contributed by atoms with E-state index < -0.39 is 10.0 Å². The molecule has 0 aromatic heterocycles. The van der Waals surface area contributed by atoms with E-state index in [1.807, 2.05) is 0 Å². The molecule has 130 valence electrons. The van der Waals surface area contributed by atoms with Crippen LogP contribution >= 0.6 is 28.3 Å². The van der Waals surface area contributed by atoms with Crippen LogP contribution in [0.1, 0.15) is 23.2 Å². The van der Waals surface area contributed by atoms with E-state index in [-0.39, 0.29) is 29.3 Å². The van der Waals surface area contributed by atoms with E-state index in [0.717, 1.165) is 17.1 Å². The first-order chi connectivity index (χ1) is 10.3. The van der Waals surface area contributed by atoms with Gasteiger partial charge in [0, 0.05) is 43.3 Å². The zero-order valence-electron chi connectivity index (χ0n) is 13.0. The number of hydrogen-bond donors (Lipinski definition) is 1. The number of sulfonamides is 1. The molecule has 1 aliphatic heterocycles. The molecule has 1 amide bonds. The van der Waals surface area contributed by atoms with E-state index in [9.17, 15) is 13.2 Å². The Hall–Kier alpha value is -0.670. The van der Waals surface area contributed by atoms with E-state index in [4.69, 9.17) is 5.73 Å². The zero-order valence-corrected chi connectivity index (χ0v) is 16.2. The number of nitrogens with zero attached hydrogens (tertiary/aromatic N) is 2.